The topological polar surface area (TPSA) is 68.9 Å². The quantitative estimate of drug-likeness (QED) is 0.806. The van der Waals surface area contributed by atoms with Crippen molar-refractivity contribution in [2.24, 2.45) is 5.73 Å². The first-order valence-electron chi connectivity index (χ1n) is 4.56. The first kappa shape index (κ1) is 10.6. The van der Waals surface area contributed by atoms with Gasteiger partial charge < -0.3 is 5.73 Å². The SMILES string of the molecule is NC(=O)c1cccnc1-c1cccnc1Cl. The van der Waals surface area contributed by atoms with Crippen molar-refractivity contribution in [3.05, 3.63) is 47.4 Å². The van der Waals surface area contributed by atoms with E-state index in [9.17, 15) is 4.79 Å². The van der Waals surface area contributed by atoms with Gasteiger partial charge in [-0.25, -0.2) is 4.98 Å². The Morgan fingerprint density at radius 1 is 1.19 bits per heavy atom. The largest absolute Gasteiger partial charge is 0.366 e. The van der Waals surface area contributed by atoms with E-state index in [0.717, 1.165) is 0 Å². The van der Waals surface area contributed by atoms with Crippen LogP contribution >= 0.6 is 11.6 Å². The van der Waals surface area contributed by atoms with E-state index in [1.54, 1.807) is 36.7 Å². The Morgan fingerprint density at radius 2 is 1.88 bits per heavy atom. The van der Waals surface area contributed by atoms with Gasteiger partial charge in [0.15, 0.2) is 0 Å². The van der Waals surface area contributed by atoms with Crippen molar-refractivity contribution in [1.29, 1.82) is 0 Å². The second kappa shape index (κ2) is 4.28. The number of amides is 1. The number of aromatic nitrogens is 2. The zero-order chi connectivity index (χ0) is 11.5. The van der Waals surface area contributed by atoms with Gasteiger partial charge in [0.05, 0.1) is 11.3 Å². The summed E-state index contributed by atoms with van der Waals surface area (Å²) in [6.45, 7) is 0. The van der Waals surface area contributed by atoms with Crippen LogP contribution in [0.1, 0.15) is 10.4 Å². The van der Waals surface area contributed by atoms with Crippen molar-refractivity contribution in [1.82, 2.24) is 9.97 Å². The summed E-state index contributed by atoms with van der Waals surface area (Å²) in [5, 5.41) is 0.295. The molecule has 0 aliphatic rings. The molecule has 2 aromatic heterocycles. The Balaban J connectivity index is 2.65. The first-order valence-corrected chi connectivity index (χ1v) is 4.93. The maximum absolute atomic E-state index is 11.2. The van der Waals surface area contributed by atoms with Gasteiger partial charge in [0, 0.05) is 18.0 Å². The third kappa shape index (κ3) is 1.87. The molecule has 2 N–H and O–H groups in total. The Kier molecular flexibility index (Phi) is 2.83. The highest BCUT2D eigenvalue weighted by Gasteiger charge is 2.13. The van der Waals surface area contributed by atoms with Crippen LogP contribution in [0.3, 0.4) is 0 Å². The molecular weight excluding hydrogens is 226 g/mol. The molecule has 80 valence electrons. The van der Waals surface area contributed by atoms with E-state index in [-0.39, 0.29) is 0 Å². The fourth-order valence-electron chi connectivity index (χ4n) is 1.38. The van der Waals surface area contributed by atoms with Crippen molar-refractivity contribution in [2.75, 3.05) is 0 Å². The summed E-state index contributed by atoms with van der Waals surface area (Å²) in [4.78, 5) is 19.3. The number of primary amides is 1. The Bertz CT molecular complexity index is 542. The molecule has 4 nitrogen and oxygen atoms in total. The molecule has 0 aromatic carbocycles. The molecule has 16 heavy (non-hydrogen) atoms. The number of nitrogens with two attached hydrogens (primary N) is 1. The van der Waals surface area contributed by atoms with Crippen molar-refractivity contribution in [3.63, 3.8) is 0 Å². The summed E-state index contributed by atoms with van der Waals surface area (Å²) in [7, 11) is 0. The van der Waals surface area contributed by atoms with Crippen LogP contribution < -0.4 is 5.73 Å². The van der Waals surface area contributed by atoms with Crippen LogP contribution in [0.4, 0.5) is 0 Å². The average Bonchev–Trinajstić information content (AvgIpc) is 2.29. The summed E-state index contributed by atoms with van der Waals surface area (Å²) in [6, 6.07) is 6.71. The summed E-state index contributed by atoms with van der Waals surface area (Å²) in [5.41, 5.74) is 6.64. The number of hydrogen-bond donors (Lipinski definition) is 1. The van der Waals surface area contributed by atoms with Crippen molar-refractivity contribution in [3.8, 4) is 11.3 Å². The highest BCUT2D eigenvalue weighted by Crippen LogP contribution is 2.26. The third-order valence-corrected chi connectivity index (χ3v) is 2.39. The molecule has 0 bridgehead atoms. The van der Waals surface area contributed by atoms with Crippen molar-refractivity contribution in [2.45, 2.75) is 0 Å². The Hall–Kier alpha value is -1.94. The predicted octanol–water partition coefficient (Wildman–Crippen LogP) is 1.90. The summed E-state index contributed by atoms with van der Waals surface area (Å²) >= 11 is 5.93. The molecule has 0 atom stereocenters. The highest BCUT2D eigenvalue weighted by atomic mass is 35.5. The Morgan fingerprint density at radius 3 is 2.56 bits per heavy atom. The molecule has 0 fully saturated rings. The van der Waals surface area contributed by atoms with E-state index < -0.39 is 5.91 Å². The molecule has 0 radical (unpaired) electrons. The maximum Gasteiger partial charge on any atom is 0.250 e. The van der Waals surface area contributed by atoms with Gasteiger partial charge in [0.25, 0.3) is 5.91 Å². The van der Waals surface area contributed by atoms with Gasteiger partial charge >= 0.3 is 0 Å². The second-order valence-electron chi connectivity index (χ2n) is 3.11. The first-order chi connectivity index (χ1) is 7.70. The number of carbonyl (C=O) groups excluding carboxylic acids is 1. The number of pyridine rings is 2. The number of carbonyl (C=O) groups is 1. The average molecular weight is 234 g/mol. The monoisotopic (exact) mass is 233 g/mol. The molecule has 0 spiro atoms. The lowest BCUT2D eigenvalue weighted by Gasteiger charge is -2.06. The molecule has 0 unspecified atom stereocenters. The van der Waals surface area contributed by atoms with Crippen LogP contribution in [-0.4, -0.2) is 15.9 Å². The van der Waals surface area contributed by atoms with E-state index in [2.05, 4.69) is 9.97 Å². The van der Waals surface area contributed by atoms with E-state index in [1.165, 1.54) is 0 Å². The van der Waals surface area contributed by atoms with Gasteiger partial charge in [-0.15, -0.1) is 0 Å². The van der Waals surface area contributed by atoms with Gasteiger partial charge in [-0.05, 0) is 24.3 Å². The number of rotatable bonds is 2. The smallest absolute Gasteiger partial charge is 0.250 e. The van der Waals surface area contributed by atoms with Gasteiger partial charge in [-0.1, -0.05) is 11.6 Å². The third-order valence-electron chi connectivity index (χ3n) is 2.09. The van der Waals surface area contributed by atoms with Gasteiger partial charge in [0.1, 0.15) is 5.15 Å². The van der Waals surface area contributed by atoms with Crippen LogP contribution in [0.15, 0.2) is 36.7 Å². The summed E-state index contributed by atoms with van der Waals surface area (Å²) in [5.74, 6) is -0.539. The lowest BCUT2D eigenvalue weighted by atomic mass is 10.1. The van der Waals surface area contributed by atoms with E-state index >= 15 is 0 Å². The summed E-state index contributed by atoms with van der Waals surface area (Å²) < 4.78 is 0. The molecule has 2 rings (SSSR count). The lowest BCUT2D eigenvalue weighted by molar-refractivity contribution is 0.100. The zero-order valence-electron chi connectivity index (χ0n) is 8.22. The summed E-state index contributed by atoms with van der Waals surface area (Å²) in [6.07, 6.45) is 3.14. The highest BCUT2D eigenvalue weighted by molar-refractivity contribution is 6.32. The normalized spacial score (nSPS) is 10.1. The number of hydrogen-bond acceptors (Lipinski definition) is 3. The fraction of sp³-hybridized carbons (Fsp3) is 0. The second-order valence-corrected chi connectivity index (χ2v) is 3.46. The fourth-order valence-corrected chi connectivity index (χ4v) is 1.59. The molecule has 0 saturated heterocycles. The van der Waals surface area contributed by atoms with Crippen LogP contribution in [0.5, 0.6) is 0 Å². The molecule has 0 saturated carbocycles. The van der Waals surface area contributed by atoms with Crippen LogP contribution in [0.25, 0.3) is 11.3 Å². The molecular formula is C11H8ClN3O. The van der Waals surface area contributed by atoms with Crippen LogP contribution in [0.2, 0.25) is 5.15 Å². The zero-order valence-corrected chi connectivity index (χ0v) is 8.98. The van der Waals surface area contributed by atoms with E-state index in [1.807, 2.05) is 0 Å². The Labute approximate surface area is 97.1 Å². The maximum atomic E-state index is 11.2. The van der Waals surface area contributed by atoms with Crippen molar-refractivity contribution < 1.29 is 4.79 Å². The van der Waals surface area contributed by atoms with E-state index in [4.69, 9.17) is 17.3 Å². The molecule has 0 aliphatic carbocycles. The predicted molar refractivity (Wildman–Crippen MR) is 61.0 cm³/mol. The van der Waals surface area contributed by atoms with Gasteiger partial charge in [0.2, 0.25) is 0 Å². The number of halogens is 1. The van der Waals surface area contributed by atoms with Gasteiger partial charge in [-0.3, -0.25) is 9.78 Å². The molecule has 2 heterocycles. The molecule has 2 aromatic rings. The van der Waals surface area contributed by atoms with Gasteiger partial charge in [-0.2, -0.15) is 0 Å². The van der Waals surface area contributed by atoms with Crippen LogP contribution in [0, 0.1) is 0 Å². The van der Waals surface area contributed by atoms with Crippen LogP contribution in [-0.2, 0) is 0 Å². The molecule has 0 aliphatic heterocycles. The lowest BCUT2D eigenvalue weighted by Crippen LogP contribution is -2.13. The molecule has 1 amide bonds. The van der Waals surface area contributed by atoms with Crippen molar-refractivity contribution >= 4 is 17.5 Å². The minimum atomic E-state index is -0.539. The molecule has 5 heteroatoms. The van der Waals surface area contributed by atoms with E-state index in [0.29, 0.717) is 22.0 Å². The minimum Gasteiger partial charge on any atom is -0.366 e. The minimum absolute atomic E-state index is 0.295. The standard InChI is InChI=1S/C11H8ClN3O/c12-10-7(3-1-6-15-10)9-8(11(13)16)4-2-5-14-9/h1-6H,(H2,13,16). The number of nitrogens with zero attached hydrogens (tertiary/aromatic N) is 2.